The van der Waals surface area contributed by atoms with Crippen LogP contribution < -0.4 is 11.0 Å². The zero-order valence-corrected chi connectivity index (χ0v) is 13.6. The van der Waals surface area contributed by atoms with E-state index in [-0.39, 0.29) is 11.7 Å². The fourth-order valence-electron chi connectivity index (χ4n) is 2.93. The predicted octanol–water partition coefficient (Wildman–Crippen LogP) is 3.04. The standard InChI is InChI=1S/C16H23N3OS/c1-10(17-14-9-21-7-6-16(14,2)3)11-4-5-12-13(8-11)19-15(20)18-12/h4-5,8,10,14,17H,6-7,9H2,1-3H3,(H2,18,19,20). The van der Waals surface area contributed by atoms with E-state index in [4.69, 9.17) is 0 Å². The van der Waals surface area contributed by atoms with Gasteiger partial charge in [0.1, 0.15) is 0 Å². The Hall–Kier alpha value is -1.20. The van der Waals surface area contributed by atoms with Crippen molar-refractivity contribution in [1.29, 1.82) is 0 Å². The molecule has 0 aliphatic carbocycles. The molecule has 0 bridgehead atoms. The van der Waals surface area contributed by atoms with Crippen molar-refractivity contribution >= 4 is 22.8 Å². The fraction of sp³-hybridized carbons (Fsp3) is 0.562. The number of nitrogens with one attached hydrogen (secondary N) is 3. The van der Waals surface area contributed by atoms with E-state index in [1.54, 1.807) is 0 Å². The molecule has 2 atom stereocenters. The monoisotopic (exact) mass is 305 g/mol. The highest BCUT2D eigenvalue weighted by molar-refractivity contribution is 7.99. The Balaban J connectivity index is 1.79. The van der Waals surface area contributed by atoms with E-state index in [9.17, 15) is 4.79 Å². The minimum atomic E-state index is -0.146. The second-order valence-electron chi connectivity index (χ2n) is 6.64. The summed E-state index contributed by atoms with van der Waals surface area (Å²) >= 11 is 2.03. The zero-order valence-electron chi connectivity index (χ0n) is 12.8. The molecular formula is C16H23N3OS. The molecule has 0 spiro atoms. The number of aromatic amines is 2. The van der Waals surface area contributed by atoms with E-state index in [1.165, 1.54) is 23.5 Å². The van der Waals surface area contributed by atoms with Crippen LogP contribution in [0.1, 0.15) is 38.8 Å². The molecule has 1 aromatic carbocycles. The van der Waals surface area contributed by atoms with Crippen LogP contribution in [-0.2, 0) is 0 Å². The summed E-state index contributed by atoms with van der Waals surface area (Å²) in [7, 11) is 0. The van der Waals surface area contributed by atoms with Crippen LogP contribution in [0.2, 0.25) is 0 Å². The maximum atomic E-state index is 11.3. The lowest BCUT2D eigenvalue weighted by molar-refractivity contribution is 0.232. The van der Waals surface area contributed by atoms with Gasteiger partial charge in [-0.15, -0.1) is 0 Å². The molecule has 0 amide bonds. The Morgan fingerprint density at radius 3 is 2.86 bits per heavy atom. The van der Waals surface area contributed by atoms with Crippen LogP contribution in [0.3, 0.4) is 0 Å². The summed E-state index contributed by atoms with van der Waals surface area (Å²) in [4.78, 5) is 17.0. The number of H-pyrrole nitrogens is 2. The largest absolute Gasteiger partial charge is 0.323 e. The third kappa shape index (κ3) is 3.04. The molecule has 1 fully saturated rings. The SMILES string of the molecule is CC(NC1CSCCC1(C)C)c1ccc2[nH]c(=O)[nH]c2c1. The van der Waals surface area contributed by atoms with Crippen molar-refractivity contribution in [2.24, 2.45) is 5.41 Å². The Labute approximate surface area is 129 Å². The molecular weight excluding hydrogens is 282 g/mol. The van der Waals surface area contributed by atoms with Gasteiger partial charge < -0.3 is 15.3 Å². The average molecular weight is 305 g/mol. The van der Waals surface area contributed by atoms with Gasteiger partial charge in [0.25, 0.3) is 0 Å². The van der Waals surface area contributed by atoms with Gasteiger partial charge in [-0.2, -0.15) is 11.8 Å². The van der Waals surface area contributed by atoms with Crippen molar-refractivity contribution in [3.63, 3.8) is 0 Å². The van der Waals surface area contributed by atoms with Crippen molar-refractivity contribution in [2.45, 2.75) is 39.3 Å². The maximum Gasteiger partial charge on any atom is 0.323 e. The summed E-state index contributed by atoms with van der Waals surface area (Å²) in [6, 6.07) is 6.92. The maximum absolute atomic E-state index is 11.3. The van der Waals surface area contributed by atoms with Gasteiger partial charge in [-0.05, 0) is 42.2 Å². The van der Waals surface area contributed by atoms with Gasteiger partial charge in [-0.3, -0.25) is 0 Å². The number of rotatable bonds is 3. The van der Waals surface area contributed by atoms with Gasteiger partial charge in [0.2, 0.25) is 0 Å². The molecule has 1 aliphatic rings. The van der Waals surface area contributed by atoms with Crippen LogP contribution in [0, 0.1) is 5.41 Å². The lowest BCUT2D eigenvalue weighted by atomic mass is 9.81. The molecule has 4 nitrogen and oxygen atoms in total. The second-order valence-corrected chi connectivity index (χ2v) is 7.79. The summed E-state index contributed by atoms with van der Waals surface area (Å²) in [5.74, 6) is 2.43. The molecule has 1 saturated heterocycles. The lowest BCUT2D eigenvalue weighted by Crippen LogP contribution is -2.47. The third-order valence-electron chi connectivity index (χ3n) is 4.61. The van der Waals surface area contributed by atoms with Crippen LogP contribution >= 0.6 is 11.8 Å². The van der Waals surface area contributed by atoms with Crippen molar-refractivity contribution in [3.05, 3.63) is 34.2 Å². The van der Waals surface area contributed by atoms with Crippen molar-refractivity contribution in [2.75, 3.05) is 11.5 Å². The smallest absolute Gasteiger partial charge is 0.306 e. The van der Waals surface area contributed by atoms with E-state index in [0.717, 1.165) is 11.0 Å². The number of benzene rings is 1. The van der Waals surface area contributed by atoms with E-state index in [2.05, 4.69) is 48.2 Å². The van der Waals surface area contributed by atoms with Crippen LogP contribution in [0.15, 0.2) is 23.0 Å². The molecule has 5 heteroatoms. The van der Waals surface area contributed by atoms with Crippen LogP contribution in [0.5, 0.6) is 0 Å². The first-order chi connectivity index (χ1) is 9.95. The molecule has 1 aliphatic heterocycles. The summed E-state index contributed by atoms with van der Waals surface area (Å²) in [6.45, 7) is 6.90. The number of thioether (sulfide) groups is 1. The highest BCUT2D eigenvalue weighted by Crippen LogP contribution is 2.35. The molecule has 1 aromatic heterocycles. The highest BCUT2D eigenvalue weighted by Gasteiger charge is 2.33. The van der Waals surface area contributed by atoms with E-state index < -0.39 is 0 Å². The molecule has 2 aromatic rings. The van der Waals surface area contributed by atoms with Crippen molar-refractivity contribution < 1.29 is 0 Å². The summed E-state index contributed by atoms with van der Waals surface area (Å²) < 4.78 is 0. The first kappa shape index (κ1) is 14.7. The van der Waals surface area contributed by atoms with Gasteiger partial charge in [-0.1, -0.05) is 19.9 Å². The van der Waals surface area contributed by atoms with E-state index >= 15 is 0 Å². The fourth-order valence-corrected chi connectivity index (χ4v) is 4.55. The molecule has 21 heavy (non-hydrogen) atoms. The Kier molecular flexibility index (Phi) is 3.88. The minimum Gasteiger partial charge on any atom is -0.306 e. The lowest BCUT2D eigenvalue weighted by Gasteiger charge is -2.40. The molecule has 2 unspecified atom stereocenters. The topological polar surface area (TPSA) is 60.7 Å². The Bertz CT molecular complexity index is 688. The zero-order chi connectivity index (χ0) is 15.0. The Morgan fingerprint density at radius 1 is 1.33 bits per heavy atom. The minimum absolute atomic E-state index is 0.146. The van der Waals surface area contributed by atoms with Crippen LogP contribution in [-0.4, -0.2) is 27.5 Å². The molecule has 114 valence electrons. The van der Waals surface area contributed by atoms with E-state index in [1.807, 2.05) is 17.8 Å². The number of aromatic nitrogens is 2. The van der Waals surface area contributed by atoms with Crippen LogP contribution in [0.4, 0.5) is 0 Å². The van der Waals surface area contributed by atoms with Gasteiger partial charge in [-0.25, -0.2) is 4.79 Å². The third-order valence-corrected chi connectivity index (χ3v) is 5.67. The van der Waals surface area contributed by atoms with Crippen LogP contribution in [0.25, 0.3) is 11.0 Å². The Morgan fingerprint density at radius 2 is 2.10 bits per heavy atom. The number of hydrogen-bond acceptors (Lipinski definition) is 3. The first-order valence-corrected chi connectivity index (χ1v) is 8.67. The van der Waals surface area contributed by atoms with Gasteiger partial charge in [0.15, 0.2) is 0 Å². The summed E-state index contributed by atoms with van der Waals surface area (Å²) in [5.41, 5.74) is 3.15. The molecule has 3 N–H and O–H groups in total. The predicted molar refractivity (Wildman–Crippen MR) is 90.0 cm³/mol. The number of imidazole rings is 1. The summed E-state index contributed by atoms with van der Waals surface area (Å²) in [6.07, 6.45) is 1.26. The number of hydrogen-bond donors (Lipinski definition) is 3. The van der Waals surface area contributed by atoms with Crippen molar-refractivity contribution in [1.82, 2.24) is 15.3 Å². The molecule has 0 radical (unpaired) electrons. The number of fused-ring (bicyclic) bond motifs is 1. The second kappa shape index (κ2) is 5.54. The van der Waals surface area contributed by atoms with Gasteiger partial charge >= 0.3 is 5.69 Å². The molecule has 2 heterocycles. The quantitative estimate of drug-likeness (QED) is 0.817. The normalized spacial score (nSPS) is 23.3. The highest BCUT2D eigenvalue weighted by atomic mass is 32.2. The average Bonchev–Trinajstić information content (AvgIpc) is 2.80. The van der Waals surface area contributed by atoms with E-state index in [0.29, 0.717) is 11.5 Å². The van der Waals surface area contributed by atoms with Crippen molar-refractivity contribution in [3.8, 4) is 0 Å². The first-order valence-electron chi connectivity index (χ1n) is 7.51. The molecule has 3 rings (SSSR count). The summed E-state index contributed by atoms with van der Waals surface area (Å²) in [5, 5.41) is 3.77. The molecule has 0 saturated carbocycles. The van der Waals surface area contributed by atoms with Gasteiger partial charge in [0.05, 0.1) is 11.0 Å². The van der Waals surface area contributed by atoms with Gasteiger partial charge in [0, 0.05) is 17.8 Å².